The topological polar surface area (TPSA) is 75.4 Å². The van der Waals surface area contributed by atoms with E-state index >= 15 is 0 Å². The molecule has 3 heterocycles. The normalized spacial score (nSPS) is 16.6. The van der Waals surface area contributed by atoms with Crippen LogP contribution < -0.4 is 9.64 Å². The summed E-state index contributed by atoms with van der Waals surface area (Å²) in [6, 6.07) is 11.8. The number of benzene rings is 1. The molecule has 150 valence electrons. The Hall–Kier alpha value is -3.20. The standard InChI is InChI=1S/C23H25N3O3/c1-15-5-4-10-26(13-15)23-20(12-24)25-22(29-23)21-9-8-19(28-21)14-27-18-7-6-16(2)17(3)11-18/h6-9,11,15H,4-5,10,13-14H2,1-3H3. The number of hydrogen-bond acceptors (Lipinski definition) is 6. The Balaban J connectivity index is 1.49. The van der Waals surface area contributed by atoms with E-state index in [4.69, 9.17) is 13.6 Å². The van der Waals surface area contributed by atoms with E-state index in [0.29, 0.717) is 41.5 Å². The lowest BCUT2D eigenvalue weighted by atomic mass is 10.0. The summed E-state index contributed by atoms with van der Waals surface area (Å²) in [5, 5.41) is 9.48. The van der Waals surface area contributed by atoms with Crippen molar-refractivity contribution in [1.82, 2.24) is 4.98 Å². The zero-order valence-electron chi connectivity index (χ0n) is 17.1. The van der Waals surface area contributed by atoms with Crippen LogP contribution in [0.5, 0.6) is 5.75 Å². The van der Waals surface area contributed by atoms with Crippen molar-refractivity contribution in [3.05, 3.63) is 52.9 Å². The number of oxazole rings is 1. The first kappa shape index (κ1) is 19.1. The number of furan rings is 1. The molecule has 0 aliphatic carbocycles. The summed E-state index contributed by atoms with van der Waals surface area (Å²) in [5.41, 5.74) is 2.72. The molecule has 1 fully saturated rings. The quantitative estimate of drug-likeness (QED) is 0.592. The third kappa shape index (κ3) is 4.14. The molecule has 6 nitrogen and oxygen atoms in total. The predicted octanol–water partition coefficient (Wildman–Crippen LogP) is 5.24. The highest BCUT2D eigenvalue weighted by Gasteiger charge is 2.25. The minimum atomic E-state index is 0.304. The van der Waals surface area contributed by atoms with Gasteiger partial charge in [0.05, 0.1) is 0 Å². The van der Waals surface area contributed by atoms with Gasteiger partial charge in [-0.1, -0.05) is 13.0 Å². The van der Waals surface area contributed by atoms with Gasteiger partial charge in [0.25, 0.3) is 5.89 Å². The molecule has 0 amide bonds. The average molecular weight is 391 g/mol. The Kier molecular flexibility index (Phi) is 5.30. The molecule has 2 aromatic heterocycles. The van der Waals surface area contributed by atoms with Crippen molar-refractivity contribution in [2.45, 2.75) is 40.2 Å². The molecule has 4 rings (SSSR count). The third-order valence-electron chi connectivity index (χ3n) is 5.39. The maximum atomic E-state index is 9.48. The monoisotopic (exact) mass is 391 g/mol. The van der Waals surface area contributed by atoms with Gasteiger partial charge in [0.1, 0.15) is 24.2 Å². The van der Waals surface area contributed by atoms with Crippen molar-refractivity contribution in [2.24, 2.45) is 5.92 Å². The lowest BCUT2D eigenvalue weighted by Crippen LogP contribution is -2.34. The van der Waals surface area contributed by atoms with Crippen molar-refractivity contribution in [1.29, 1.82) is 5.26 Å². The van der Waals surface area contributed by atoms with Gasteiger partial charge >= 0.3 is 0 Å². The van der Waals surface area contributed by atoms with Crippen LogP contribution in [-0.2, 0) is 6.61 Å². The number of aryl methyl sites for hydroxylation is 2. The Morgan fingerprint density at radius 3 is 2.83 bits per heavy atom. The highest BCUT2D eigenvalue weighted by molar-refractivity contribution is 5.56. The van der Waals surface area contributed by atoms with Crippen LogP contribution in [-0.4, -0.2) is 18.1 Å². The van der Waals surface area contributed by atoms with Crippen molar-refractivity contribution in [3.8, 4) is 23.5 Å². The number of anilines is 1. The van der Waals surface area contributed by atoms with E-state index < -0.39 is 0 Å². The van der Waals surface area contributed by atoms with Gasteiger partial charge in [-0.15, -0.1) is 0 Å². The van der Waals surface area contributed by atoms with Gasteiger partial charge in [0.2, 0.25) is 11.6 Å². The highest BCUT2D eigenvalue weighted by atomic mass is 16.5. The summed E-state index contributed by atoms with van der Waals surface area (Å²) >= 11 is 0. The van der Waals surface area contributed by atoms with E-state index in [1.165, 1.54) is 17.5 Å². The maximum absolute atomic E-state index is 9.48. The molecule has 0 spiro atoms. The molecule has 0 radical (unpaired) electrons. The smallest absolute Gasteiger partial charge is 0.266 e. The second-order valence-corrected chi connectivity index (χ2v) is 7.78. The van der Waals surface area contributed by atoms with E-state index in [-0.39, 0.29) is 0 Å². The number of hydrogen-bond donors (Lipinski definition) is 0. The number of nitriles is 1. The number of ether oxygens (including phenoxy) is 1. The Labute approximate surface area is 170 Å². The van der Waals surface area contributed by atoms with Gasteiger partial charge < -0.3 is 18.5 Å². The molecule has 6 heteroatoms. The molecule has 1 unspecified atom stereocenters. The number of nitrogens with zero attached hydrogens (tertiary/aromatic N) is 3. The van der Waals surface area contributed by atoms with Crippen LogP contribution in [0.25, 0.3) is 11.7 Å². The minimum absolute atomic E-state index is 0.304. The van der Waals surface area contributed by atoms with Crippen LogP contribution >= 0.6 is 0 Å². The van der Waals surface area contributed by atoms with Gasteiger partial charge in [0.15, 0.2) is 5.76 Å². The molecular formula is C23H25N3O3. The van der Waals surface area contributed by atoms with Crippen molar-refractivity contribution < 1.29 is 13.6 Å². The highest BCUT2D eigenvalue weighted by Crippen LogP contribution is 2.32. The van der Waals surface area contributed by atoms with E-state index in [2.05, 4.69) is 36.7 Å². The molecule has 1 saturated heterocycles. The Bertz CT molecular complexity index is 1040. The molecule has 29 heavy (non-hydrogen) atoms. The lowest BCUT2D eigenvalue weighted by molar-refractivity contribution is 0.271. The zero-order valence-corrected chi connectivity index (χ0v) is 17.1. The molecule has 1 aliphatic rings. The average Bonchev–Trinajstić information content (AvgIpc) is 3.35. The summed E-state index contributed by atoms with van der Waals surface area (Å²) < 4.78 is 17.6. The molecule has 1 aromatic carbocycles. The molecule has 3 aromatic rings. The molecule has 0 N–H and O–H groups in total. The van der Waals surface area contributed by atoms with Gasteiger partial charge in [-0.2, -0.15) is 10.2 Å². The molecule has 0 saturated carbocycles. The lowest BCUT2D eigenvalue weighted by Gasteiger charge is -2.30. The first-order valence-corrected chi connectivity index (χ1v) is 9.98. The zero-order chi connectivity index (χ0) is 20.4. The van der Waals surface area contributed by atoms with Gasteiger partial charge in [-0.05, 0) is 68.0 Å². The van der Waals surface area contributed by atoms with Crippen LogP contribution in [0.2, 0.25) is 0 Å². The van der Waals surface area contributed by atoms with Gasteiger partial charge in [-0.25, -0.2) is 0 Å². The van der Waals surface area contributed by atoms with Crippen LogP contribution in [0.3, 0.4) is 0 Å². The summed E-state index contributed by atoms with van der Waals surface area (Å²) in [4.78, 5) is 6.46. The van der Waals surface area contributed by atoms with Crippen molar-refractivity contribution >= 4 is 5.88 Å². The first-order chi connectivity index (χ1) is 14.0. The summed E-state index contributed by atoms with van der Waals surface area (Å²) in [5.74, 6) is 3.40. The summed E-state index contributed by atoms with van der Waals surface area (Å²) in [6.07, 6.45) is 2.28. The molecule has 1 aliphatic heterocycles. The number of rotatable bonds is 5. The Morgan fingerprint density at radius 2 is 2.07 bits per heavy atom. The fraction of sp³-hybridized carbons (Fsp3) is 0.391. The predicted molar refractivity (Wildman–Crippen MR) is 110 cm³/mol. The van der Waals surface area contributed by atoms with Gasteiger partial charge in [0, 0.05) is 13.1 Å². The van der Waals surface area contributed by atoms with Crippen molar-refractivity contribution in [3.63, 3.8) is 0 Å². The van der Waals surface area contributed by atoms with E-state index in [9.17, 15) is 5.26 Å². The summed E-state index contributed by atoms with van der Waals surface area (Å²) in [7, 11) is 0. The SMILES string of the molecule is Cc1ccc(OCc2ccc(-c3nc(C#N)c(N4CCCC(C)C4)o3)o2)cc1C. The van der Waals surface area contributed by atoms with Crippen LogP contribution in [0.1, 0.15) is 42.3 Å². The van der Waals surface area contributed by atoms with E-state index in [1.807, 2.05) is 24.3 Å². The van der Waals surface area contributed by atoms with Crippen LogP contribution in [0, 0.1) is 31.1 Å². The number of aromatic nitrogens is 1. The summed E-state index contributed by atoms with van der Waals surface area (Å²) in [6.45, 7) is 8.40. The fourth-order valence-electron chi connectivity index (χ4n) is 3.61. The van der Waals surface area contributed by atoms with Crippen LogP contribution in [0.4, 0.5) is 5.88 Å². The minimum Gasteiger partial charge on any atom is -0.486 e. The maximum Gasteiger partial charge on any atom is 0.266 e. The van der Waals surface area contributed by atoms with Crippen LogP contribution in [0.15, 0.2) is 39.2 Å². The van der Waals surface area contributed by atoms with E-state index in [1.54, 1.807) is 6.07 Å². The molecule has 1 atom stereocenters. The largest absolute Gasteiger partial charge is 0.486 e. The molecule has 0 bridgehead atoms. The van der Waals surface area contributed by atoms with Gasteiger partial charge in [-0.3, -0.25) is 0 Å². The first-order valence-electron chi connectivity index (χ1n) is 9.98. The Morgan fingerprint density at radius 1 is 1.21 bits per heavy atom. The number of piperidine rings is 1. The fourth-order valence-corrected chi connectivity index (χ4v) is 3.61. The second kappa shape index (κ2) is 8.04. The molecular weight excluding hydrogens is 366 g/mol. The second-order valence-electron chi connectivity index (χ2n) is 7.78. The third-order valence-corrected chi connectivity index (χ3v) is 5.39. The van der Waals surface area contributed by atoms with Crippen molar-refractivity contribution in [2.75, 3.05) is 18.0 Å². The van der Waals surface area contributed by atoms with E-state index in [0.717, 1.165) is 25.3 Å².